The first-order valence-electron chi connectivity index (χ1n) is 4.58. The fourth-order valence-corrected chi connectivity index (χ4v) is 1.61. The summed E-state index contributed by atoms with van der Waals surface area (Å²) in [4.78, 5) is 2.26. The van der Waals surface area contributed by atoms with Crippen LogP contribution in [-0.4, -0.2) is 26.2 Å². The van der Waals surface area contributed by atoms with Gasteiger partial charge in [0.15, 0.2) is 0 Å². The van der Waals surface area contributed by atoms with Gasteiger partial charge in [-0.1, -0.05) is 12.1 Å². The minimum absolute atomic E-state index is 0. The van der Waals surface area contributed by atoms with Crippen LogP contribution < -0.4 is 15.4 Å². The van der Waals surface area contributed by atoms with Crippen LogP contribution in [0.3, 0.4) is 0 Å². The Balaban J connectivity index is 0.000000980. The number of fused-ring (bicyclic) bond motifs is 1. The van der Waals surface area contributed by atoms with Gasteiger partial charge in [0.1, 0.15) is 12.4 Å². The Hall–Kier alpha value is -0.640. The fraction of sp³-hybridized carbons (Fsp3) is 0.400. The van der Waals surface area contributed by atoms with Gasteiger partial charge in [-0.15, -0.1) is 24.8 Å². The van der Waals surface area contributed by atoms with Crippen molar-refractivity contribution < 1.29 is 4.74 Å². The zero-order valence-electron chi connectivity index (χ0n) is 8.39. The van der Waals surface area contributed by atoms with Crippen molar-refractivity contribution in [2.24, 2.45) is 5.73 Å². The summed E-state index contributed by atoms with van der Waals surface area (Å²) in [5, 5.41) is 0. The largest absolute Gasteiger partial charge is 0.490 e. The van der Waals surface area contributed by atoms with E-state index in [1.54, 1.807) is 0 Å². The predicted octanol–water partition coefficient (Wildman–Crippen LogP) is 1.69. The quantitative estimate of drug-likeness (QED) is 0.869. The lowest BCUT2D eigenvalue weighted by Gasteiger charge is -2.30. The van der Waals surface area contributed by atoms with Crippen LogP contribution in [-0.2, 0) is 0 Å². The molecule has 1 aromatic rings. The van der Waals surface area contributed by atoms with Gasteiger partial charge in [-0.05, 0) is 12.1 Å². The highest BCUT2D eigenvalue weighted by Crippen LogP contribution is 2.30. The van der Waals surface area contributed by atoms with Gasteiger partial charge in [-0.3, -0.25) is 0 Å². The lowest BCUT2D eigenvalue weighted by Crippen LogP contribution is -2.36. The Morgan fingerprint density at radius 3 is 2.73 bits per heavy atom. The van der Waals surface area contributed by atoms with Crippen molar-refractivity contribution >= 4 is 30.5 Å². The molecule has 0 saturated heterocycles. The third-order valence-corrected chi connectivity index (χ3v) is 2.22. The summed E-state index contributed by atoms with van der Waals surface area (Å²) in [6.07, 6.45) is 0. The molecule has 1 aromatic carbocycles. The second-order valence-electron chi connectivity index (χ2n) is 3.09. The van der Waals surface area contributed by atoms with Gasteiger partial charge >= 0.3 is 0 Å². The molecule has 0 aliphatic carbocycles. The van der Waals surface area contributed by atoms with Crippen molar-refractivity contribution in [2.45, 2.75) is 0 Å². The van der Waals surface area contributed by atoms with Crippen LogP contribution in [0.1, 0.15) is 0 Å². The number of rotatable bonds is 2. The molecular formula is C10H16Cl2N2O. The molecule has 86 valence electrons. The van der Waals surface area contributed by atoms with Gasteiger partial charge in [-0.2, -0.15) is 0 Å². The molecule has 0 atom stereocenters. The summed E-state index contributed by atoms with van der Waals surface area (Å²) in [6, 6.07) is 8.09. The van der Waals surface area contributed by atoms with Crippen LogP contribution in [0.4, 0.5) is 5.69 Å². The Bertz CT molecular complexity index is 297. The SMILES string of the molecule is Cl.Cl.NCCN1CCOc2ccccc21. The second-order valence-corrected chi connectivity index (χ2v) is 3.09. The maximum Gasteiger partial charge on any atom is 0.142 e. The summed E-state index contributed by atoms with van der Waals surface area (Å²) in [5.41, 5.74) is 6.70. The minimum Gasteiger partial charge on any atom is -0.490 e. The Labute approximate surface area is 102 Å². The van der Waals surface area contributed by atoms with Gasteiger partial charge in [0.05, 0.1) is 12.2 Å². The molecule has 3 nitrogen and oxygen atoms in total. The summed E-state index contributed by atoms with van der Waals surface area (Å²) < 4.78 is 5.52. The Kier molecular flexibility index (Phi) is 6.48. The maximum absolute atomic E-state index is 5.53. The molecule has 1 aliphatic rings. The van der Waals surface area contributed by atoms with Gasteiger partial charge in [0.2, 0.25) is 0 Å². The van der Waals surface area contributed by atoms with E-state index >= 15 is 0 Å². The summed E-state index contributed by atoms with van der Waals surface area (Å²) in [6.45, 7) is 3.29. The number of nitrogens with two attached hydrogens (primary N) is 1. The first kappa shape index (κ1) is 14.4. The number of ether oxygens (including phenoxy) is 1. The first-order valence-corrected chi connectivity index (χ1v) is 4.58. The molecule has 1 aliphatic heterocycles. The topological polar surface area (TPSA) is 38.5 Å². The number of hydrogen-bond donors (Lipinski definition) is 1. The van der Waals surface area contributed by atoms with Gasteiger partial charge in [-0.25, -0.2) is 0 Å². The standard InChI is InChI=1S/C10H14N2O.2ClH/c11-5-6-12-7-8-13-10-4-2-1-3-9(10)12;;/h1-4H,5-8,11H2;2*1H. The number of para-hydroxylation sites is 2. The smallest absolute Gasteiger partial charge is 0.142 e. The first-order chi connectivity index (χ1) is 6.42. The molecule has 0 spiro atoms. The zero-order valence-corrected chi connectivity index (χ0v) is 10.0. The molecule has 2 rings (SSSR count). The molecule has 15 heavy (non-hydrogen) atoms. The Morgan fingerprint density at radius 2 is 2.00 bits per heavy atom. The fourth-order valence-electron chi connectivity index (χ4n) is 1.61. The van der Waals surface area contributed by atoms with E-state index in [0.717, 1.165) is 25.4 Å². The lowest BCUT2D eigenvalue weighted by atomic mass is 10.2. The van der Waals surface area contributed by atoms with Crippen molar-refractivity contribution in [3.63, 3.8) is 0 Å². The Morgan fingerprint density at radius 1 is 1.27 bits per heavy atom. The van der Waals surface area contributed by atoms with E-state index in [4.69, 9.17) is 10.5 Å². The summed E-state index contributed by atoms with van der Waals surface area (Å²) in [5.74, 6) is 0.974. The van der Waals surface area contributed by atoms with E-state index in [1.807, 2.05) is 18.2 Å². The molecule has 0 fully saturated rings. The molecule has 0 aromatic heterocycles. The molecule has 0 saturated carbocycles. The normalized spacial score (nSPS) is 13.0. The van der Waals surface area contributed by atoms with Crippen LogP contribution in [0.2, 0.25) is 0 Å². The van der Waals surface area contributed by atoms with Crippen LogP contribution in [0, 0.1) is 0 Å². The van der Waals surface area contributed by atoms with Gasteiger partial charge in [0, 0.05) is 13.1 Å². The van der Waals surface area contributed by atoms with Gasteiger partial charge in [0.25, 0.3) is 0 Å². The average Bonchev–Trinajstić information content (AvgIpc) is 2.19. The summed E-state index contributed by atoms with van der Waals surface area (Å²) >= 11 is 0. The molecular weight excluding hydrogens is 235 g/mol. The van der Waals surface area contributed by atoms with Crippen LogP contribution >= 0.6 is 24.8 Å². The molecule has 0 bridgehead atoms. The summed E-state index contributed by atoms with van der Waals surface area (Å²) in [7, 11) is 0. The number of benzene rings is 1. The van der Waals surface area contributed by atoms with E-state index in [2.05, 4.69) is 11.0 Å². The monoisotopic (exact) mass is 250 g/mol. The predicted molar refractivity (Wildman–Crippen MR) is 67.7 cm³/mol. The zero-order chi connectivity index (χ0) is 9.10. The maximum atomic E-state index is 5.53. The van der Waals surface area contributed by atoms with Crippen LogP contribution in [0.25, 0.3) is 0 Å². The molecule has 0 radical (unpaired) electrons. The molecule has 1 heterocycles. The molecule has 5 heteroatoms. The van der Waals surface area contributed by atoms with E-state index in [0.29, 0.717) is 6.54 Å². The number of hydrogen-bond acceptors (Lipinski definition) is 3. The van der Waals surface area contributed by atoms with Crippen molar-refractivity contribution in [1.82, 2.24) is 0 Å². The molecule has 0 unspecified atom stereocenters. The number of anilines is 1. The van der Waals surface area contributed by atoms with Crippen LogP contribution in [0.5, 0.6) is 5.75 Å². The van der Waals surface area contributed by atoms with E-state index in [-0.39, 0.29) is 24.8 Å². The van der Waals surface area contributed by atoms with E-state index < -0.39 is 0 Å². The highest BCUT2D eigenvalue weighted by molar-refractivity contribution is 5.85. The van der Waals surface area contributed by atoms with Gasteiger partial charge < -0.3 is 15.4 Å². The van der Waals surface area contributed by atoms with Crippen molar-refractivity contribution in [2.75, 3.05) is 31.1 Å². The number of halogens is 2. The number of nitrogens with zero attached hydrogens (tertiary/aromatic N) is 1. The second kappa shape index (κ2) is 6.77. The van der Waals surface area contributed by atoms with Crippen molar-refractivity contribution in [1.29, 1.82) is 0 Å². The third kappa shape index (κ3) is 3.16. The highest BCUT2D eigenvalue weighted by atomic mass is 35.5. The van der Waals surface area contributed by atoms with Crippen molar-refractivity contribution in [3.05, 3.63) is 24.3 Å². The van der Waals surface area contributed by atoms with Crippen molar-refractivity contribution in [3.8, 4) is 5.75 Å². The molecule has 2 N–H and O–H groups in total. The van der Waals surface area contributed by atoms with E-state index in [9.17, 15) is 0 Å². The lowest BCUT2D eigenvalue weighted by molar-refractivity contribution is 0.308. The highest BCUT2D eigenvalue weighted by Gasteiger charge is 2.15. The third-order valence-electron chi connectivity index (χ3n) is 2.22. The van der Waals surface area contributed by atoms with E-state index in [1.165, 1.54) is 5.69 Å². The average molecular weight is 251 g/mol. The molecule has 0 amide bonds. The van der Waals surface area contributed by atoms with Crippen LogP contribution in [0.15, 0.2) is 24.3 Å². The minimum atomic E-state index is 0.